The number of aromatic amines is 1. The number of nitrogens with one attached hydrogen (secondary N) is 2. The third kappa shape index (κ3) is 9.27. The Kier molecular flexibility index (Phi) is 12.5. The number of carbonyl (C=O) groups excluding carboxylic acids is 1. The third-order valence-electron chi connectivity index (χ3n) is 10.1. The lowest BCUT2D eigenvalue weighted by Gasteiger charge is -2.36. The summed E-state index contributed by atoms with van der Waals surface area (Å²) in [6.07, 6.45) is 4.25. The summed E-state index contributed by atoms with van der Waals surface area (Å²) in [5.74, 6) is 1.13. The van der Waals surface area contributed by atoms with Gasteiger partial charge in [0.05, 0.1) is 6.61 Å². The van der Waals surface area contributed by atoms with Crippen LogP contribution < -0.4 is 25.4 Å². The minimum absolute atomic E-state index is 0.135. The molecule has 3 aromatic carbocycles. The predicted molar refractivity (Wildman–Crippen MR) is 219 cm³/mol. The second-order valence-corrected chi connectivity index (χ2v) is 14.6. The van der Waals surface area contributed by atoms with Gasteiger partial charge in [-0.25, -0.2) is 9.78 Å². The standard InChI is InChI=1S/C44H54N6O3/c1-6-7-21-50(40-30-34-15-12-19-45-42(34)47-43(40)51)44(52)46-41-38(31(2)3)28-35(29-39(41)32(4)5)33-14-11-18-37(27-33)53-26-13-20-48-22-24-49(25-23-48)36-16-9-8-10-17-36/h8-12,14-19,27-32H,6-7,13,20-26H2,1-5H3,(H,46,52)(H,45,47,51). The number of rotatable bonds is 14. The highest BCUT2D eigenvalue weighted by Gasteiger charge is 2.24. The molecule has 9 heteroatoms. The van der Waals surface area contributed by atoms with Crippen LogP contribution in [0.3, 0.4) is 0 Å². The molecule has 0 atom stereocenters. The average molecular weight is 715 g/mol. The molecule has 53 heavy (non-hydrogen) atoms. The Morgan fingerprint density at radius 2 is 1.60 bits per heavy atom. The number of pyridine rings is 2. The molecule has 2 aromatic heterocycles. The van der Waals surface area contributed by atoms with E-state index >= 15 is 0 Å². The summed E-state index contributed by atoms with van der Waals surface area (Å²) in [6.45, 7) is 17.0. The molecule has 9 nitrogen and oxygen atoms in total. The number of H-pyrrole nitrogens is 1. The Bertz CT molecular complexity index is 2010. The van der Waals surface area contributed by atoms with Crippen LogP contribution in [0.1, 0.15) is 76.8 Å². The molecule has 0 radical (unpaired) electrons. The van der Waals surface area contributed by atoms with Crippen molar-refractivity contribution in [3.05, 3.63) is 113 Å². The number of ether oxygens (including phenoxy) is 1. The lowest BCUT2D eigenvalue weighted by atomic mass is 9.88. The van der Waals surface area contributed by atoms with Gasteiger partial charge in [0.25, 0.3) is 5.56 Å². The molecular formula is C44H54N6O3. The number of fused-ring (bicyclic) bond motifs is 1. The van der Waals surface area contributed by atoms with Crippen molar-refractivity contribution in [2.75, 3.05) is 61.0 Å². The number of urea groups is 1. The van der Waals surface area contributed by atoms with Crippen molar-refractivity contribution in [1.82, 2.24) is 14.9 Å². The Hall–Kier alpha value is -5.15. The zero-order chi connectivity index (χ0) is 37.3. The molecule has 5 aromatic rings. The second-order valence-electron chi connectivity index (χ2n) is 14.6. The first-order valence-corrected chi connectivity index (χ1v) is 19.2. The minimum Gasteiger partial charge on any atom is -0.494 e. The second kappa shape index (κ2) is 17.6. The molecule has 2 amide bonds. The van der Waals surface area contributed by atoms with Crippen LogP contribution in [-0.4, -0.2) is 66.8 Å². The maximum atomic E-state index is 14.2. The van der Waals surface area contributed by atoms with Crippen molar-refractivity contribution in [3.8, 4) is 16.9 Å². The van der Waals surface area contributed by atoms with Crippen LogP contribution in [0.2, 0.25) is 0 Å². The number of piperazine rings is 1. The van der Waals surface area contributed by atoms with Gasteiger partial charge in [0.2, 0.25) is 0 Å². The third-order valence-corrected chi connectivity index (χ3v) is 10.1. The quantitative estimate of drug-likeness (QED) is 0.111. The number of amides is 2. The number of hydrogen-bond donors (Lipinski definition) is 2. The van der Waals surface area contributed by atoms with Crippen molar-refractivity contribution < 1.29 is 9.53 Å². The van der Waals surface area contributed by atoms with Crippen LogP contribution in [0.5, 0.6) is 5.75 Å². The van der Waals surface area contributed by atoms with Crippen LogP contribution in [0.4, 0.5) is 21.9 Å². The molecular weight excluding hydrogens is 661 g/mol. The van der Waals surface area contributed by atoms with Gasteiger partial charge in [-0.05, 0) is 102 Å². The van der Waals surface area contributed by atoms with E-state index in [1.54, 1.807) is 17.2 Å². The summed E-state index contributed by atoms with van der Waals surface area (Å²) in [4.78, 5) is 41.1. The van der Waals surface area contributed by atoms with E-state index < -0.39 is 0 Å². The Morgan fingerprint density at radius 3 is 2.30 bits per heavy atom. The van der Waals surface area contributed by atoms with Crippen molar-refractivity contribution in [2.45, 2.75) is 65.7 Å². The SMILES string of the molecule is CCCCN(C(=O)Nc1c(C(C)C)cc(-c2cccc(OCCCN3CCN(c4ccccc4)CC3)c2)cc1C(C)C)c1cc2cccnc2[nH]c1=O. The number of para-hydroxylation sites is 1. The van der Waals surface area contributed by atoms with E-state index in [0.717, 1.165) is 91.1 Å². The van der Waals surface area contributed by atoms with E-state index in [9.17, 15) is 9.59 Å². The number of aromatic nitrogens is 2. The van der Waals surface area contributed by atoms with E-state index in [0.29, 0.717) is 24.5 Å². The van der Waals surface area contributed by atoms with Crippen LogP contribution in [-0.2, 0) is 0 Å². The molecule has 0 bridgehead atoms. The zero-order valence-corrected chi connectivity index (χ0v) is 31.9. The monoisotopic (exact) mass is 714 g/mol. The number of hydrogen-bond acceptors (Lipinski definition) is 6. The Labute approximate surface area is 314 Å². The molecule has 1 fully saturated rings. The predicted octanol–water partition coefficient (Wildman–Crippen LogP) is 9.27. The van der Waals surface area contributed by atoms with E-state index in [1.165, 1.54) is 5.69 Å². The fourth-order valence-corrected chi connectivity index (χ4v) is 7.07. The first-order valence-electron chi connectivity index (χ1n) is 19.2. The van der Waals surface area contributed by atoms with Crippen molar-refractivity contribution in [1.29, 1.82) is 0 Å². The van der Waals surface area contributed by atoms with Crippen LogP contribution >= 0.6 is 0 Å². The number of carbonyl (C=O) groups is 1. The maximum Gasteiger partial charge on any atom is 0.326 e. The molecule has 1 aliphatic rings. The van der Waals surface area contributed by atoms with Crippen LogP contribution in [0.25, 0.3) is 22.2 Å². The molecule has 0 saturated carbocycles. The number of unbranched alkanes of at least 4 members (excludes halogenated alkanes) is 1. The van der Waals surface area contributed by atoms with Crippen molar-refractivity contribution in [2.24, 2.45) is 0 Å². The van der Waals surface area contributed by atoms with Crippen molar-refractivity contribution in [3.63, 3.8) is 0 Å². The normalized spacial score (nSPS) is 13.5. The molecule has 1 aliphatic heterocycles. The average Bonchev–Trinajstić information content (AvgIpc) is 3.17. The number of anilines is 3. The molecule has 3 heterocycles. The van der Waals surface area contributed by atoms with Gasteiger partial charge in [-0.3, -0.25) is 14.6 Å². The molecule has 0 spiro atoms. The molecule has 0 unspecified atom stereocenters. The van der Waals surface area contributed by atoms with Crippen molar-refractivity contribution >= 4 is 34.1 Å². The number of benzene rings is 3. The smallest absolute Gasteiger partial charge is 0.326 e. The lowest BCUT2D eigenvalue weighted by Crippen LogP contribution is -2.46. The van der Waals surface area contributed by atoms with Gasteiger partial charge >= 0.3 is 6.03 Å². The van der Waals surface area contributed by atoms with Gasteiger partial charge in [-0.2, -0.15) is 0 Å². The van der Waals surface area contributed by atoms with Gasteiger partial charge in [0.15, 0.2) is 0 Å². The first-order chi connectivity index (χ1) is 25.7. The highest BCUT2D eigenvalue weighted by atomic mass is 16.5. The van der Waals surface area contributed by atoms with E-state index in [4.69, 9.17) is 4.74 Å². The summed E-state index contributed by atoms with van der Waals surface area (Å²) in [6, 6.07) is 28.5. The molecule has 6 rings (SSSR count). The Morgan fingerprint density at radius 1 is 0.868 bits per heavy atom. The van der Waals surface area contributed by atoms with Gasteiger partial charge < -0.3 is 19.9 Å². The largest absolute Gasteiger partial charge is 0.494 e. The van der Waals surface area contributed by atoms with Crippen LogP contribution in [0, 0.1) is 0 Å². The molecule has 2 N–H and O–H groups in total. The van der Waals surface area contributed by atoms with E-state index in [-0.39, 0.29) is 23.4 Å². The fraction of sp³-hybridized carbons (Fsp3) is 0.386. The lowest BCUT2D eigenvalue weighted by molar-refractivity contribution is 0.225. The zero-order valence-electron chi connectivity index (χ0n) is 31.9. The summed E-state index contributed by atoms with van der Waals surface area (Å²) in [5, 5.41) is 4.05. The molecule has 1 saturated heterocycles. The van der Waals surface area contributed by atoms with Gasteiger partial charge in [0.1, 0.15) is 17.1 Å². The van der Waals surface area contributed by atoms with Crippen LogP contribution in [0.15, 0.2) is 95.9 Å². The highest BCUT2D eigenvalue weighted by molar-refractivity contribution is 6.03. The minimum atomic E-state index is -0.338. The topological polar surface area (TPSA) is 93.8 Å². The molecule has 278 valence electrons. The van der Waals surface area contributed by atoms with E-state index in [2.05, 4.69) is 120 Å². The van der Waals surface area contributed by atoms with E-state index in [1.807, 2.05) is 18.2 Å². The molecule has 0 aliphatic carbocycles. The fourth-order valence-electron chi connectivity index (χ4n) is 7.07. The summed E-state index contributed by atoms with van der Waals surface area (Å²) >= 11 is 0. The first kappa shape index (κ1) is 37.6. The number of nitrogens with zero attached hydrogens (tertiary/aromatic N) is 4. The van der Waals surface area contributed by atoms with Gasteiger partial charge in [-0.1, -0.05) is 71.4 Å². The van der Waals surface area contributed by atoms with Gasteiger partial charge in [0, 0.05) is 62.2 Å². The Balaban J connectivity index is 1.16. The summed E-state index contributed by atoms with van der Waals surface area (Å²) in [7, 11) is 0. The summed E-state index contributed by atoms with van der Waals surface area (Å²) < 4.78 is 6.29. The highest BCUT2D eigenvalue weighted by Crippen LogP contribution is 2.38. The van der Waals surface area contributed by atoms with Gasteiger partial charge in [-0.15, -0.1) is 0 Å². The summed E-state index contributed by atoms with van der Waals surface area (Å²) in [5.41, 5.74) is 6.83. The maximum absolute atomic E-state index is 14.2.